The Morgan fingerprint density at radius 3 is 2.30 bits per heavy atom. The third-order valence-corrected chi connectivity index (χ3v) is 5.11. The van der Waals surface area contributed by atoms with Crippen LogP contribution < -0.4 is 15.1 Å². The molecule has 3 aromatic carbocycles. The number of benzene rings is 3. The first-order chi connectivity index (χ1) is 13.1. The zero-order valence-corrected chi connectivity index (χ0v) is 15.9. The molecule has 3 aromatic rings. The molecule has 0 saturated heterocycles. The first kappa shape index (κ1) is 17.4. The second-order valence-electron chi connectivity index (χ2n) is 6.70. The first-order valence-corrected chi connectivity index (χ1v) is 9.15. The number of nitrogens with one attached hydrogen (secondary N) is 1. The largest absolute Gasteiger partial charge is 0.378 e. The third-order valence-electron chi connectivity index (χ3n) is 4.77. The molecule has 1 amide bonds. The van der Waals surface area contributed by atoms with Gasteiger partial charge in [-0.2, -0.15) is 0 Å². The van der Waals surface area contributed by atoms with Gasteiger partial charge >= 0.3 is 0 Å². The van der Waals surface area contributed by atoms with Crippen LogP contribution in [0.3, 0.4) is 0 Å². The lowest BCUT2D eigenvalue weighted by Crippen LogP contribution is -2.43. The van der Waals surface area contributed by atoms with Crippen molar-refractivity contribution in [2.75, 3.05) is 29.2 Å². The second-order valence-corrected chi connectivity index (χ2v) is 7.11. The molecule has 136 valence electrons. The summed E-state index contributed by atoms with van der Waals surface area (Å²) < 4.78 is 0. The minimum absolute atomic E-state index is 0.0492. The molecule has 4 nitrogen and oxygen atoms in total. The van der Waals surface area contributed by atoms with Gasteiger partial charge in [0.25, 0.3) is 5.91 Å². The lowest BCUT2D eigenvalue weighted by molar-refractivity contribution is 0.0975. The Labute approximate surface area is 164 Å². The van der Waals surface area contributed by atoms with Crippen LogP contribution >= 0.6 is 11.6 Å². The van der Waals surface area contributed by atoms with Crippen LogP contribution in [-0.4, -0.2) is 20.0 Å². The van der Waals surface area contributed by atoms with Gasteiger partial charge in [0.05, 0.1) is 5.56 Å². The predicted molar refractivity (Wildman–Crippen MR) is 112 cm³/mol. The number of hydrogen-bond donors (Lipinski definition) is 1. The van der Waals surface area contributed by atoms with Crippen molar-refractivity contribution in [1.82, 2.24) is 0 Å². The fraction of sp³-hybridized carbons (Fsp3) is 0.136. The van der Waals surface area contributed by atoms with Gasteiger partial charge in [-0.05, 0) is 42.5 Å². The topological polar surface area (TPSA) is 35.6 Å². The van der Waals surface area contributed by atoms with Crippen LogP contribution in [0.25, 0.3) is 0 Å². The number of fused-ring (bicyclic) bond motifs is 1. The van der Waals surface area contributed by atoms with E-state index in [9.17, 15) is 4.79 Å². The van der Waals surface area contributed by atoms with Gasteiger partial charge in [-0.3, -0.25) is 9.69 Å². The van der Waals surface area contributed by atoms with Crippen LogP contribution in [-0.2, 0) is 0 Å². The Kier molecular flexibility index (Phi) is 4.50. The van der Waals surface area contributed by atoms with Gasteiger partial charge in [-0.25, -0.2) is 0 Å². The highest BCUT2D eigenvalue weighted by atomic mass is 35.5. The Balaban J connectivity index is 1.84. The minimum atomic E-state index is -0.383. The molecular weight excluding hydrogens is 358 g/mol. The number of carbonyl (C=O) groups is 1. The molecule has 0 unspecified atom stereocenters. The number of para-hydroxylation sites is 1. The van der Waals surface area contributed by atoms with Crippen molar-refractivity contribution >= 4 is 34.6 Å². The van der Waals surface area contributed by atoms with Crippen LogP contribution in [0.1, 0.15) is 22.1 Å². The molecule has 0 bridgehead atoms. The first-order valence-electron chi connectivity index (χ1n) is 8.77. The van der Waals surface area contributed by atoms with E-state index in [0.717, 1.165) is 22.6 Å². The van der Waals surface area contributed by atoms with E-state index in [0.29, 0.717) is 10.6 Å². The standard InChI is InChI=1S/C22H20ClN3O/c1-25(2)15-11-13-16(14-12-15)26-21(17-7-3-5-9-19(17)23)24-20-10-6-4-8-18(20)22(26)27/h3-14,21,24H,1-2H3/t21-/m0/s1. The van der Waals surface area contributed by atoms with Crippen molar-refractivity contribution in [2.45, 2.75) is 6.17 Å². The maximum absolute atomic E-state index is 13.4. The maximum atomic E-state index is 13.4. The van der Waals surface area contributed by atoms with Crippen LogP contribution in [0.2, 0.25) is 5.02 Å². The summed E-state index contributed by atoms with van der Waals surface area (Å²) in [6.07, 6.45) is -0.383. The third kappa shape index (κ3) is 3.13. The number of halogens is 1. The molecule has 0 radical (unpaired) electrons. The number of hydrogen-bond acceptors (Lipinski definition) is 3. The van der Waals surface area contributed by atoms with Crippen LogP contribution in [0.4, 0.5) is 17.1 Å². The molecule has 4 rings (SSSR count). The highest BCUT2D eigenvalue weighted by Crippen LogP contribution is 2.39. The van der Waals surface area contributed by atoms with E-state index in [1.807, 2.05) is 91.8 Å². The van der Waals surface area contributed by atoms with Crippen molar-refractivity contribution in [3.63, 3.8) is 0 Å². The maximum Gasteiger partial charge on any atom is 0.262 e. The van der Waals surface area contributed by atoms with Crippen LogP contribution in [0.15, 0.2) is 72.8 Å². The van der Waals surface area contributed by atoms with Crippen molar-refractivity contribution < 1.29 is 4.79 Å². The van der Waals surface area contributed by atoms with E-state index in [4.69, 9.17) is 11.6 Å². The molecule has 1 heterocycles. The summed E-state index contributed by atoms with van der Waals surface area (Å²) in [7, 11) is 3.98. The molecule has 0 fully saturated rings. The van der Waals surface area contributed by atoms with E-state index in [1.165, 1.54) is 0 Å². The van der Waals surface area contributed by atoms with Gasteiger partial charge in [0, 0.05) is 41.7 Å². The number of rotatable bonds is 3. The zero-order chi connectivity index (χ0) is 19.0. The molecule has 0 saturated carbocycles. The van der Waals surface area contributed by atoms with E-state index in [1.54, 1.807) is 4.90 Å². The van der Waals surface area contributed by atoms with Gasteiger partial charge < -0.3 is 10.2 Å². The van der Waals surface area contributed by atoms with Crippen molar-refractivity contribution in [2.24, 2.45) is 0 Å². The predicted octanol–water partition coefficient (Wildman–Crippen LogP) is 5.18. The second kappa shape index (κ2) is 6.97. The molecule has 27 heavy (non-hydrogen) atoms. The normalized spacial score (nSPS) is 15.9. The smallest absolute Gasteiger partial charge is 0.262 e. The van der Waals surface area contributed by atoms with Gasteiger partial charge in [0.15, 0.2) is 0 Å². The summed E-state index contributed by atoms with van der Waals surface area (Å²) in [5, 5.41) is 4.10. The van der Waals surface area contributed by atoms with E-state index in [2.05, 4.69) is 5.32 Å². The average Bonchev–Trinajstić information content (AvgIpc) is 2.68. The number of amides is 1. The summed E-state index contributed by atoms with van der Waals surface area (Å²) in [5.74, 6) is -0.0492. The van der Waals surface area contributed by atoms with Crippen LogP contribution in [0, 0.1) is 0 Å². The fourth-order valence-corrected chi connectivity index (χ4v) is 3.58. The summed E-state index contributed by atoms with van der Waals surface area (Å²) in [4.78, 5) is 17.2. The quantitative estimate of drug-likeness (QED) is 0.683. The molecule has 5 heteroatoms. The number of carbonyl (C=O) groups excluding carboxylic acids is 1. The van der Waals surface area contributed by atoms with Crippen molar-refractivity contribution in [3.8, 4) is 0 Å². The molecule has 1 aliphatic rings. The van der Waals surface area contributed by atoms with Crippen molar-refractivity contribution in [3.05, 3.63) is 88.9 Å². The zero-order valence-electron chi connectivity index (χ0n) is 15.2. The highest BCUT2D eigenvalue weighted by molar-refractivity contribution is 6.31. The van der Waals surface area contributed by atoms with Gasteiger partial charge in [-0.1, -0.05) is 41.9 Å². The molecule has 0 spiro atoms. The lowest BCUT2D eigenvalue weighted by Gasteiger charge is -2.38. The molecule has 0 aromatic heterocycles. The van der Waals surface area contributed by atoms with E-state index >= 15 is 0 Å². The highest BCUT2D eigenvalue weighted by Gasteiger charge is 2.34. The van der Waals surface area contributed by atoms with Gasteiger partial charge in [0.2, 0.25) is 0 Å². The van der Waals surface area contributed by atoms with Gasteiger partial charge in [0.1, 0.15) is 6.17 Å². The number of nitrogens with zero attached hydrogens (tertiary/aromatic N) is 2. The fourth-order valence-electron chi connectivity index (χ4n) is 3.35. The molecule has 1 atom stereocenters. The summed E-state index contributed by atoms with van der Waals surface area (Å²) >= 11 is 6.47. The number of anilines is 3. The SMILES string of the molecule is CN(C)c1ccc(N2C(=O)c3ccccc3N[C@@H]2c2ccccc2Cl)cc1. The molecule has 1 N–H and O–H groups in total. The van der Waals surface area contributed by atoms with E-state index in [-0.39, 0.29) is 12.1 Å². The molecular formula is C22H20ClN3O. The summed E-state index contributed by atoms with van der Waals surface area (Å²) in [6.45, 7) is 0. The lowest BCUT2D eigenvalue weighted by atomic mass is 10.0. The Morgan fingerprint density at radius 2 is 1.59 bits per heavy atom. The Morgan fingerprint density at radius 1 is 0.926 bits per heavy atom. The molecule has 0 aliphatic carbocycles. The minimum Gasteiger partial charge on any atom is -0.378 e. The van der Waals surface area contributed by atoms with Crippen LogP contribution in [0.5, 0.6) is 0 Å². The average molecular weight is 378 g/mol. The Hall–Kier alpha value is -2.98. The summed E-state index contributed by atoms with van der Waals surface area (Å²) in [6, 6.07) is 23.1. The van der Waals surface area contributed by atoms with Gasteiger partial charge in [-0.15, -0.1) is 0 Å². The summed E-state index contributed by atoms with van der Waals surface area (Å²) in [5.41, 5.74) is 4.22. The Bertz CT molecular complexity index is 985. The van der Waals surface area contributed by atoms with Crippen molar-refractivity contribution in [1.29, 1.82) is 0 Å². The monoisotopic (exact) mass is 377 g/mol. The van der Waals surface area contributed by atoms with E-state index < -0.39 is 0 Å². The molecule has 1 aliphatic heterocycles.